The van der Waals surface area contributed by atoms with Gasteiger partial charge in [-0.25, -0.2) is 17.5 Å². The van der Waals surface area contributed by atoms with E-state index < -0.39 is 15.8 Å². The van der Waals surface area contributed by atoms with Gasteiger partial charge in [0.2, 0.25) is 10.0 Å². The van der Waals surface area contributed by atoms with Crippen LogP contribution in [0.3, 0.4) is 0 Å². The van der Waals surface area contributed by atoms with E-state index >= 15 is 0 Å². The third kappa shape index (κ3) is 3.93. The molecule has 2 aromatic rings. The molecule has 0 heterocycles. The van der Waals surface area contributed by atoms with Crippen LogP contribution in [-0.2, 0) is 16.6 Å². The van der Waals surface area contributed by atoms with Gasteiger partial charge in [-0.15, -0.1) is 0 Å². The average Bonchev–Trinajstić information content (AvgIpc) is 2.48. The van der Waals surface area contributed by atoms with E-state index in [1.807, 2.05) is 0 Å². The fourth-order valence-corrected chi connectivity index (χ4v) is 2.98. The van der Waals surface area contributed by atoms with Gasteiger partial charge in [-0.2, -0.15) is 0 Å². The molecule has 2 rings (SSSR count). The van der Waals surface area contributed by atoms with E-state index in [1.165, 1.54) is 7.11 Å². The lowest BCUT2D eigenvalue weighted by atomic mass is 10.2. The zero-order valence-electron chi connectivity index (χ0n) is 11.1. The fraction of sp³-hybridized carbons (Fsp3) is 0.143. The van der Waals surface area contributed by atoms with Crippen molar-refractivity contribution in [2.24, 2.45) is 0 Å². The largest absolute Gasteiger partial charge is 0.497 e. The molecule has 0 bridgehead atoms. The van der Waals surface area contributed by atoms with Crippen molar-refractivity contribution in [3.63, 3.8) is 0 Å². The highest BCUT2D eigenvalue weighted by Crippen LogP contribution is 2.20. The van der Waals surface area contributed by atoms with Crippen molar-refractivity contribution in [1.82, 2.24) is 4.72 Å². The highest BCUT2D eigenvalue weighted by Gasteiger charge is 2.15. The van der Waals surface area contributed by atoms with Crippen molar-refractivity contribution in [2.75, 3.05) is 7.11 Å². The predicted octanol–water partition coefficient (Wildman–Crippen LogP) is 2.97. The fourth-order valence-electron chi connectivity index (χ4n) is 1.69. The first kappa shape index (κ1) is 15.8. The maximum absolute atomic E-state index is 13.1. The molecule has 21 heavy (non-hydrogen) atoms. The molecule has 0 aliphatic rings. The number of sulfonamides is 1. The van der Waals surface area contributed by atoms with Crippen molar-refractivity contribution in [2.45, 2.75) is 11.4 Å². The SMILES string of the molecule is COc1cccc(CNS(=O)(=O)c2ccc(F)c(Cl)c2)c1. The lowest BCUT2D eigenvalue weighted by molar-refractivity contribution is 0.414. The standard InChI is InChI=1S/C14H13ClFNO3S/c1-20-11-4-2-3-10(7-11)9-17-21(18,19)12-5-6-14(16)13(15)8-12/h2-8,17H,9H2,1H3. The first-order chi connectivity index (χ1) is 9.92. The summed E-state index contributed by atoms with van der Waals surface area (Å²) in [5.41, 5.74) is 0.742. The topological polar surface area (TPSA) is 55.4 Å². The van der Waals surface area contributed by atoms with Crippen LogP contribution in [0.2, 0.25) is 5.02 Å². The van der Waals surface area contributed by atoms with E-state index in [1.54, 1.807) is 24.3 Å². The summed E-state index contributed by atoms with van der Waals surface area (Å²) in [5, 5.41) is -0.237. The van der Waals surface area contributed by atoms with E-state index in [0.29, 0.717) is 5.75 Å². The minimum absolute atomic E-state index is 0.0863. The number of methoxy groups -OCH3 is 1. The molecule has 0 unspecified atom stereocenters. The van der Waals surface area contributed by atoms with Gasteiger partial charge in [0.15, 0.2) is 0 Å². The second kappa shape index (κ2) is 6.43. The Hall–Kier alpha value is -1.63. The molecule has 1 N–H and O–H groups in total. The Bertz CT molecular complexity index is 750. The van der Waals surface area contributed by atoms with Gasteiger partial charge in [-0.1, -0.05) is 23.7 Å². The number of hydrogen-bond donors (Lipinski definition) is 1. The average molecular weight is 330 g/mol. The third-order valence-corrected chi connectivity index (χ3v) is 4.49. The molecule has 0 amide bonds. The number of halogens is 2. The van der Waals surface area contributed by atoms with Crippen LogP contribution in [-0.4, -0.2) is 15.5 Å². The van der Waals surface area contributed by atoms with E-state index in [4.69, 9.17) is 16.3 Å². The Morgan fingerprint density at radius 2 is 2.00 bits per heavy atom. The molecule has 112 valence electrons. The van der Waals surface area contributed by atoms with Crippen LogP contribution in [0.1, 0.15) is 5.56 Å². The number of nitrogens with one attached hydrogen (secondary N) is 1. The van der Waals surface area contributed by atoms with E-state index in [2.05, 4.69) is 4.72 Å². The Balaban J connectivity index is 2.15. The molecule has 0 saturated heterocycles. The van der Waals surface area contributed by atoms with Gasteiger partial charge in [0.1, 0.15) is 11.6 Å². The maximum Gasteiger partial charge on any atom is 0.240 e. The molecule has 2 aromatic carbocycles. The quantitative estimate of drug-likeness (QED) is 0.917. The van der Waals surface area contributed by atoms with Crippen LogP contribution >= 0.6 is 11.6 Å². The third-order valence-electron chi connectivity index (χ3n) is 2.80. The molecule has 4 nitrogen and oxygen atoms in total. The summed E-state index contributed by atoms with van der Waals surface area (Å²) in [7, 11) is -2.23. The minimum atomic E-state index is -3.76. The van der Waals surface area contributed by atoms with Crippen LogP contribution in [0.15, 0.2) is 47.4 Å². The Labute approximate surface area is 127 Å². The summed E-state index contributed by atoms with van der Waals surface area (Å²) >= 11 is 5.59. The Morgan fingerprint density at radius 1 is 1.24 bits per heavy atom. The summed E-state index contributed by atoms with van der Waals surface area (Å²) in [5.74, 6) is -0.0278. The highest BCUT2D eigenvalue weighted by molar-refractivity contribution is 7.89. The lowest BCUT2D eigenvalue weighted by Crippen LogP contribution is -2.23. The van der Waals surface area contributed by atoms with Gasteiger partial charge in [-0.3, -0.25) is 0 Å². The first-order valence-corrected chi connectivity index (χ1v) is 7.86. The molecule has 0 fully saturated rings. The first-order valence-electron chi connectivity index (χ1n) is 6.00. The Kier molecular flexibility index (Phi) is 4.82. The molecule has 7 heteroatoms. The van der Waals surface area contributed by atoms with Crippen molar-refractivity contribution in [3.8, 4) is 5.75 Å². The van der Waals surface area contributed by atoms with Gasteiger partial charge < -0.3 is 4.74 Å². The van der Waals surface area contributed by atoms with Crippen molar-refractivity contribution >= 4 is 21.6 Å². The van der Waals surface area contributed by atoms with Gasteiger partial charge in [0.05, 0.1) is 17.0 Å². The zero-order chi connectivity index (χ0) is 15.5. The van der Waals surface area contributed by atoms with E-state index in [-0.39, 0.29) is 16.5 Å². The molecule has 0 aliphatic heterocycles. The molecule has 0 atom stereocenters. The number of hydrogen-bond acceptors (Lipinski definition) is 3. The molecule has 0 aliphatic carbocycles. The van der Waals surface area contributed by atoms with Crippen molar-refractivity contribution in [3.05, 3.63) is 58.9 Å². The van der Waals surface area contributed by atoms with Crippen molar-refractivity contribution < 1.29 is 17.5 Å². The maximum atomic E-state index is 13.1. The van der Waals surface area contributed by atoms with Crippen LogP contribution in [0, 0.1) is 5.82 Å². The van der Waals surface area contributed by atoms with Gasteiger partial charge in [0, 0.05) is 6.54 Å². The minimum Gasteiger partial charge on any atom is -0.497 e. The van der Waals surface area contributed by atoms with E-state index in [0.717, 1.165) is 23.8 Å². The van der Waals surface area contributed by atoms with Crippen LogP contribution in [0.25, 0.3) is 0 Å². The number of benzene rings is 2. The van der Waals surface area contributed by atoms with Gasteiger partial charge in [0.25, 0.3) is 0 Å². The second-order valence-electron chi connectivity index (χ2n) is 4.25. The normalized spacial score (nSPS) is 11.4. The van der Waals surface area contributed by atoms with Crippen molar-refractivity contribution in [1.29, 1.82) is 0 Å². The van der Waals surface area contributed by atoms with E-state index in [9.17, 15) is 12.8 Å². The summed E-state index contributed by atoms with van der Waals surface area (Å²) < 4.78 is 44.7. The van der Waals surface area contributed by atoms with Crippen LogP contribution in [0.5, 0.6) is 5.75 Å². The molecular weight excluding hydrogens is 317 g/mol. The summed E-state index contributed by atoms with van der Waals surface area (Å²) in [4.78, 5) is -0.0863. The molecule has 0 spiro atoms. The summed E-state index contributed by atoms with van der Waals surface area (Å²) in [6.45, 7) is 0.0918. The smallest absolute Gasteiger partial charge is 0.240 e. The van der Waals surface area contributed by atoms with Gasteiger partial charge in [-0.05, 0) is 35.9 Å². The monoisotopic (exact) mass is 329 g/mol. The highest BCUT2D eigenvalue weighted by atomic mass is 35.5. The second-order valence-corrected chi connectivity index (χ2v) is 6.43. The molecule has 0 aromatic heterocycles. The van der Waals surface area contributed by atoms with Gasteiger partial charge >= 0.3 is 0 Å². The Morgan fingerprint density at radius 3 is 2.67 bits per heavy atom. The van der Waals surface area contributed by atoms with Crippen LogP contribution < -0.4 is 9.46 Å². The predicted molar refractivity (Wildman–Crippen MR) is 78.4 cm³/mol. The van der Waals surface area contributed by atoms with Crippen LogP contribution in [0.4, 0.5) is 4.39 Å². The zero-order valence-corrected chi connectivity index (χ0v) is 12.7. The molecular formula is C14H13ClFNO3S. The number of rotatable bonds is 5. The molecule has 0 radical (unpaired) electrons. The molecule has 0 saturated carbocycles. The summed E-state index contributed by atoms with van der Waals surface area (Å²) in [6, 6.07) is 10.3. The number of ether oxygens (including phenoxy) is 1. The lowest BCUT2D eigenvalue weighted by Gasteiger charge is -2.08. The summed E-state index contributed by atoms with van der Waals surface area (Å²) in [6.07, 6.45) is 0.